The summed E-state index contributed by atoms with van der Waals surface area (Å²) >= 11 is 7.56. The van der Waals surface area contributed by atoms with Crippen molar-refractivity contribution in [3.63, 3.8) is 0 Å². The first-order valence-electron chi connectivity index (χ1n) is 2.99. The molecular formula is C7H4ClF2IO. The Balaban J connectivity index is 2.90. The molecule has 0 aromatic heterocycles. The van der Waals surface area contributed by atoms with Crippen LogP contribution in [0.15, 0.2) is 18.2 Å². The van der Waals surface area contributed by atoms with Crippen LogP contribution in [0.25, 0.3) is 0 Å². The second-order valence-electron chi connectivity index (χ2n) is 1.95. The van der Waals surface area contributed by atoms with Gasteiger partial charge in [0, 0.05) is 3.57 Å². The molecule has 66 valence electrons. The number of ether oxygens (including phenoxy) is 1. The first-order valence-corrected chi connectivity index (χ1v) is 4.45. The maximum absolute atomic E-state index is 11.7. The lowest BCUT2D eigenvalue weighted by atomic mass is 10.3. The van der Waals surface area contributed by atoms with Crippen LogP contribution in [0.3, 0.4) is 0 Å². The molecule has 1 rings (SSSR count). The highest BCUT2D eigenvalue weighted by molar-refractivity contribution is 14.1. The molecule has 0 aliphatic carbocycles. The van der Waals surface area contributed by atoms with Crippen LogP contribution in [0.1, 0.15) is 0 Å². The Bertz CT molecular complexity index is 280. The molecule has 0 atom stereocenters. The van der Waals surface area contributed by atoms with Crippen LogP contribution in [-0.4, -0.2) is 6.61 Å². The molecule has 1 nitrogen and oxygen atoms in total. The van der Waals surface area contributed by atoms with Crippen molar-refractivity contribution in [3.05, 3.63) is 26.8 Å². The lowest BCUT2D eigenvalue weighted by Crippen LogP contribution is -2.02. The topological polar surface area (TPSA) is 9.23 Å². The van der Waals surface area contributed by atoms with E-state index in [9.17, 15) is 8.78 Å². The van der Waals surface area contributed by atoms with Crippen molar-refractivity contribution in [1.29, 1.82) is 0 Å². The maximum Gasteiger partial charge on any atom is 0.387 e. The van der Waals surface area contributed by atoms with Crippen LogP contribution < -0.4 is 4.74 Å². The van der Waals surface area contributed by atoms with Gasteiger partial charge in [-0.1, -0.05) is 11.6 Å². The van der Waals surface area contributed by atoms with Crippen molar-refractivity contribution < 1.29 is 13.5 Å². The van der Waals surface area contributed by atoms with Gasteiger partial charge in [0.1, 0.15) is 5.75 Å². The zero-order valence-corrected chi connectivity index (χ0v) is 8.64. The van der Waals surface area contributed by atoms with Gasteiger partial charge in [0.05, 0.1) is 5.02 Å². The van der Waals surface area contributed by atoms with Gasteiger partial charge in [-0.2, -0.15) is 8.78 Å². The lowest BCUT2D eigenvalue weighted by Gasteiger charge is -2.05. The Morgan fingerprint density at radius 3 is 2.67 bits per heavy atom. The van der Waals surface area contributed by atoms with Gasteiger partial charge in [-0.15, -0.1) is 0 Å². The van der Waals surface area contributed by atoms with Gasteiger partial charge in [0.25, 0.3) is 0 Å². The number of hydrogen-bond acceptors (Lipinski definition) is 1. The third-order valence-electron chi connectivity index (χ3n) is 1.11. The normalized spacial score (nSPS) is 10.4. The predicted octanol–water partition coefficient (Wildman–Crippen LogP) is 3.55. The van der Waals surface area contributed by atoms with Crippen LogP contribution in [0, 0.1) is 3.57 Å². The highest BCUT2D eigenvalue weighted by atomic mass is 127. The van der Waals surface area contributed by atoms with Crippen molar-refractivity contribution in [3.8, 4) is 5.75 Å². The third kappa shape index (κ3) is 2.75. The van der Waals surface area contributed by atoms with Crippen molar-refractivity contribution >= 4 is 34.2 Å². The number of alkyl halides is 2. The number of hydrogen-bond donors (Lipinski definition) is 0. The van der Waals surface area contributed by atoms with Crippen LogP contribution in [0.4, 0.5) is 8.78 Å². The molecule has 0 heterocycles. The van der Waals surface area contributed by atoms with Gasteiger partial charge in [-0.05, 0) is 40.8 Å². The fraction of sp³-hybridized carbons (Fsp3) is 0.143. The average molecular weight is 304 g/mol. The maximum atomic E-state index is 11.7. The molecule has 0 saturated carbocycles. The fourth-order valence-electron chi connectivity index (χ4n) is 0.663. The van der Waals surface area contributed by atoms with E-state index in [-0.39, 0.29) is 10.8 Å². The van der Waals surface area contributed by atoms with E-state index in [4.69, 9.17) is 11.6 Å². The van der Waals surface area contributed by atoms with E-state index in [1.807, 2.05) is 22.6 Å². The Labute approximate surface area is 86.8 Å². The van der Waals surface area contributed by atoms with E-state index in [2.05, 4.69) is 4.74 Å². The molecule has 0 saturated heterocycles. The molecule has 0 aliphatic heterocycles. The van der Waals surface area contributed by atoms with E-state index in [1.54, 1.807) is 6.07 Å². The van der Waals surface area contributed by atoms with Gasteiger partial charge in [0.15, 0.2) is 0 Å². The molecular weight excluding hydrogens is 300 g/mol. The highest BCUT2D eigenvalue weighted by Crippen LogP contribution is 2.27. The van der Waals surface area contributed by atoms with Gasteiger partial charge in [0.2, 0.25) is 0 Å². The summed E-state index contributed by atoms with van der Waals surface area (Å²) in [5, 5.41) is 0.190. The molecule has 0 radical (unpaired) electrons. The van der Waals surface area contributed by atoms with Gasteiger partial charge < -0.3 is 4.74 Å². The Kier molecular flexibility index (Phi) is 3.52. The average Bonchev–Trinajstić information content (AvgIpc) is 1.96. The van der Waals surface area contributed by atoms with Gasteiger partial charge in [-0.25, -0.2) is 0 Å². The second kappa shape index (κ2) is 4.23. The minimum atomic E-state index is -2.83. The summed E-state index contributed by atoms with van der Waals surface area (Å²) in [4.78, 5) is 0. The van der Waals surface area contributed by atoms with E-state index < -0.39 is 6.61 Å². The molecule has 0 aliphatic rings. The first-order chi connectivity index (χ1) is 5.59. The van der Waals surface area contributed by atoms with Crippen LogP contribution in [0.5, 0.6) is 5.75 Å². The van der Waals surface area contributed by atoms with E-state index in [0.717, 1.165) is 3.57 Å². The number of halogens is 4. The fourth-order valence-corrected chi connectivity index (χ4v) is 1.29. The minimum absolute atomic E-state index is 0.0126. The van der Waals surface area contributed by atoms with E-state index in [0.29, 0.717) is 0 Å². The summed E-state index contributed by atoms with van der Waals surface area (Å²) in [5.41, 5.74) is 0. The van der Waals surface area contributed by atoms with Gasteiger partial charge >= 0.3 is 6.61 Å². The smallest absolute Gasteiger partial charge is 0.387 e. The quantitative estimate of drug-likeness (QED) is 0.759. The molecule has 0 bridgehead atoms. The molecule has 1 aromatic rings. The first kappa shape index (κ1) is 9.98. The summed E-state index contributed by atoms with van der Waals surface area (Å²) in [6.45, 7) is -2.83. The van der Waals surface area contributed by atoms with Gasteiger partial charge in [-0.3, -0.25) is 0 Å². The van der Waals surface area contributed by atoms with Crippen molar-refractivity contribution in [2.24, 2.45) is 0 Å². The summed E-state index contributed by atoms with van der Waals surface area (Å²) in [5.74, 6) is 0.0126. The molecule has 12 heavy (non-hydrogen) atoms. The van der Waals surface area contributed by atoms with Crippen molar-refractivity contribution in [2.75, 3.05) is 0 Å². The zero-order chi connectivity index (χ0) is 9.14. The second-order valence-corrected chi connectivity index (χ2v) is 3.61. The van der Waals surface area contributed by atoms with Crippen LogP contribution in [-0.2, 0) is 0 Å². The summed E-state index contributed by atoms with van der Waals surface area (Å²) in [6, 6.07) is 4.68. The van der Waals surface area contributed by atoms with E-state index >= 15 is 0 Å². The molecule has 0 spiro atoms. The molecule has 1 aromatic carbocycles. The summed E-state index contributed by atoms with van der Waals surface area (Å²) < 4.78 is 28.5. The molecule has 0 fully saturated rings. The Morgan fingerprint density at radius 2 is 2.08 bits per heavy atom. The number of rotatable bonds is 2. The molecule has 0 N–H and O–H groups in total. The van der Waals surface area contributed by atoms with Crippen molar-refractivity contribution in [1.82, 2.24) is 0 Å². The largest absolute Gasteiger partial charge is 0.433 e. The minimum Gasteiger partial charge on any atom is -0.433 e. The zero-order valence-electron chi connectivity index (χ0n) is 5.73. The monoisotopic (exact) mass is 304 g/mol. The molecule has 5 heteroatoms. The van der Waals surface area contributed by atoms with Crippen LogP contribution >= 0.6 is 34.2 Å². The van der Waals surface area contributed by atoms with E-state index in [1.165, 1.54) is 12.1 Å². The van der Waals surface area contributed by atoms with Crippen molar-refractivity contribution in [2.45, 2.75) is 6.61 Å². The lowest BCUT2D eigenvalue weighted by molar-refractivity contribution is -0.0498. The molecule has 0 unspecified atom stereocenters. The Hall–Kier alpha value is -0.100. The molecule has 0 amide bonds. The standard InChI is InChI=1S/C7H4ClF2IO/c8-5-2-1-4(11)3-6(5)12-7(9)10/h1-3,7H. The summed E-state index contributed by atoms with van der Waals surface area (Å²) in [6.07, 6.45) is 0. The highest BCUT2D eigenvalue weighted by Gasteiger charge is 2.08. The third-order valence-corrected chi connectivity index (χ3v) is 2.09. The predicted molar refractivity (Wildman–Crippen MR) is 50.8 cm³/mol. The summed E-state index contributed by atoms with van der Waals surface area (Å²) in [7, 11) is 0. The van der Waals surface area contributed by atoms with Crippen LogP contribution in [0.2, 0.25) is 5.02 Å². The SMILES string of the molecule is FC(F)Oc1cc(I)ccc1Cl. The Morgan fingerprint density at radius 1 is 1.42 bits per heavy atom. The number of benzene rings is 1.